The van der Waals surface area contributed by atoms with Gasteiger partial charge in [-0.1, -0.05) is 26.3 Å². The molecule has 0 aliphatic rings. The maximum atomic E-state index is 3.77. The molecule has 66 valence electrons. The SMILES string of the molecule is C=C(C#CC)CCNC.CC.[HH]. The lowest BCUT2D eigenvalue weighted by molar-refractivity contribution is 0.798. The summed E-state index contributed by atoms with van der Waals surface area (Å²) >= 11 is 0. The normalized spacial score (nSPS) is 6.91. The zero-order valence-electron chi connectivity index (χ0n) is 8.12. The van der Waals surface area contributed by atoms with Gasteiger partial charge in [-0.25, -0.2) is 0 Å². The molecule has 0 amide bonds. The average molecular weight is 155 g/mol. The van der Waals surface area contributed by atoms with Crippen LogP contribution in [0.5, 0.6) is 0 Å². The van der Waals surface area contributed by atoms with Gasteiger partial charge in [-0.3, -0.25) is 0 Å². The predicted octanol–water partition coefficient (Wildman–Crippen LogP) is 2.45. The molecular formula is C10H21N. The molecule has 0 fully saturated rings. The third kappa shape index (κ3) is 12.5. The van der Waals surface area contributed by atoms with Crippen LogP contribution in [0.25, 0.3) is 0 Å². The topological polar surface area (TPSA) is 12.0 Å². The van der Waals surface area contributed by atoms with E-state index in [9.17, 15) is 0 Å². The van der Waals surface area contributed by atoms with Crippen LogP contribution in [0.1, 0.15) is 28.6 Å². The first-order valence-electron chi connectivity index (χ1n) is 4.06. The van der Waals surface area contributed by atoms with Crippen molar-refractivity contribution in [3.63, 3.8) is 0 Å². The van der Waals surface area contributed by atoms with Crippen LogP contribution in [0.15, 0.2) is 12.2 Å². The van der Waals surface area contributed by atoms with Crippen molar-refractivity contribution in [2.75, 3.05) is 13.6 Å². The fourth-order valence-electron chi connectivity index (χ4n) is 0.515. The summed E-state index contributed by atoms with van der Waals surface area (Å²) in [5, 5.41) is 3.03. The van der Waals surface area contributed by atoms with Gasteiger partial charge in [0.25, 0.3) is 0 Å². The molecule has 0 bridgehead atoms. The average Bonchev–Trinajstić information content (AvgIpc) is 2.05. The van der Waals surface area contributed by atoms with E-state index in [-0.39, 0.29) is 1.43 Å². The fraction of sp³-hybridized carbons (Fsp3) is 0.600. The van der Waals surface area contributed by atoms with Crippen molar-refractivity contribution in [3.8, 4) is 11.8 Å². The minimum Gasteiger partial charge on any atom is -0.319 e. The smallest absolute Gasteiger partial charge is 0 e. The first kappa shape index (κ1) is 12.9. The lowest BCUT2D eigenvalue weighted by atomic mass is 10.2. The highest BCUT2D eigenvalue weighted by molar-refractivity contribution is 5.24. The molecule has 0 aliphatic heterocycles. The van der Waals surface area contributed by atoms with Crippen molar-refractivity contribution in [1.29, 1.82) is 0 Å². The summed E-state index contributed by atoms with van der Waals surface area (Å²) in [6.07, 6.45) is 0.956. The minimum atomic E-state index is 0. The molecule has 0 saturated heterocycles. The van der Waals surface area contributed by atoms with E-state index in [1.807, 2.05) is 27.8 Å². The van der Waals surface area contributed by atoms with Gasteiger partial charge in [-0.05, 0) is 32.5 Å². The molecule has 0 aromatic rings. The van der Waals surface area contributed by atoms with E-state index >= 15 is 0 Å². The van der Waals surface area contributed by atoms with E-state index in [4.69, 9.17) is 0 Å². The molecule has 0 aromatic heterocycles. The van der Waals surface area contributed by atoms with E-state index in [1.165, 1.54) is 0 Å². The van der Waals surface area contributed by atoms with Crippen LogP contribution in [-0.4, -0.2) is 13.6 Å². The Bertz CT molecular complexity index is 142. The van der Waals surface area contributed by atoms with Gasteiger partial charge in [0.2, 0.25) is 0 Å². The molecule has 1 N–H and O–H groups in total. The van der Waals surface area contributed by atoms with Gasteiger partial charge in [0.05, 0.1) is 0 Å². The first-order valence-corrected chi connectivity index (χ1v) is 4.06. The Balaban J connectivity index is -0.000000249. The minimum absolute atomic E-state index is 0. The number of hydrogen-bond acceptors (Lipinski definition) is 1. The van der Waals surface area contributed by atoms with Crippen LogP contribution >= 0.6 is 0 Å². The standard InChI is InChI=1S/C8H13N.C2H6.H2/c1-4-5-8(2)6-7-9-3;1-2;/h9H,2,6-7H2,1,3H3;1-2H3;1H. The van der Waals surface area contributed by atoms with Crippen LogP contribution in [0.2, 0.25) is 0 Å². The molecular weight excluding hydrogens is 134 g/mol. The summed E-state index contributed by atoms with van der Waals surface area (Å²) in [5.41, 5.74) is 1.01. The largest absolute Gasteiger partial charge is 0.319 e. The van der Waals surface area contributed by atoms with Gasteiger partial charge >= 0.3 is 0 Å². The quantitative estimate of drug-likeness (QED) is 0.617. The summed E-state index contributed by atoms with van der Waals surface area (Å²) in [4.78, 5) is 0. The molecule has 0 radical (unpaired) electrons. The summed E-state index contributed by atoms with van der Waals surface area (Å²) < 4.78 is 0. The van der Waals surface area contributed by atoms with Gasteiger partial charge in [0.15, 0.2) is 0 Å². The summed E-state index contributed by atoms with van der Waals surface area (Å²) in [5.74, 6) is 5.69. The fourth-order valence-corrected chi connectivity index (χ4v) is 0.515. The van der Waals surface area contributed by atoms with Crippen molar-refractivity contribution < 1.29 is 1.43 Å². The molecule has 1 heteroatoms. The summed E-state index contributed by atoms with van der Waals surface area (Å²) in [6, 6.07) is 0. The molecule has 0 aliphatic carbocycles. The zero-order chi connectivity index (χ0) is 9.11. The first-order chi connectivity index (χ1) is 5.31. The molecule has 0 aromatic carbocycles. The van der Waals surface area contributed by atoms with E-state index in [2.05, 4.69) is 23.7 Å². The third-order valence-electron chi connectivity index (χ3n) is 0.979. The van der Waals surface area contributed by atoms with Gasteiger partial charge in [-0.15, -0.1) is 5.92 Å². The van der Waals surface area contributed by atoms with E-state index in [0.717, 1.165) is 18.5 Å². The Hall–Kier alpha value is -0.740. The molecule has 0 atom stereocenters. The highest BCUT2D eigenvalue weighted by Crippen LogP contribution is 1.91. The highest BCUT2D eigenvalue weighted by atomic mass is 14.8. The van der Waals surface area contributed by atoms with Gasteiger partial charge in [0, 0.05) is 1.43 Å². The van der Waals surface area contributed by atoms with Gasteiger partial charge in [0.1, 0.15) is 0 Å². The van der Waals surface area contributed by atoms with E-state index in [0.29, 0.717) is 0 Å². The van der Waals surface area contributed by atoms with Crippen molar-refractivity contribution in [2.24, 2.45) is 0 Å². The second kappa shape index (κ2) is 12.0. The monoisotopic (exact) mass is 155 g/mol. The molecule has 0 heterocycles. The third-order valence-corrected chi connectivity index (χ3v) is 0.979. The summed E-state index contributed by atoms with van der Waals surface area (Å²) in [6.45, 7) is 10.6. The maximum absolute atomic E-state index is 3.77. The van der Waals surface area contributed by atoms with Crippen molar-refractivity contribution in [2.45, 2.75) is 27.2 Å². The van der Waals surface area contributed by atoms with Crippen molar-refractivity contribution in [1.82, 2.24) is 5.32 Å². The number of rotatable bonds is 3. The van der Waals surface area contributed by atoms with Crippen molar-refractivity contribution in [3.05, 3.63) is 12.2 Å². The van der Waals surface area contributed by atoms with E-state index < -0.39 is 0 Å². The van der Waals surface area contributed by atoms with Gasteiger partial charge < -0.3 is 5.32 Å². The molecule has 0 saturated carbocycles. The Morgan fingerprint density at radius 2 is 2.09 bits per heavy atom. The molecule has 0 spiro atoms. The zero-order valence-corrected chi connectivity index (χ0v) is 8.12. The van der Waals surface area contributed by atoms with Crippen LogP contribution in [0.4, 0.5) is 0 Å². The second-order valence-corrected chi connectivity index (χ2v) is 1.83. The number of nitrogens with one attached hydrogen (secondary N) is 1. The van der Waals surface area contributed by atoms with Crippen LogP contribution in [-0.2, 0) is 0 Å². The van der Waals surface area contributed by atoms with E-state index in [1.54, 1.807) is 0 Å². The highest BCUT2D eigenvalue weighted by Gasteiger charge is 1.84. The lowest BCUT2D eigenvalue weighted by Gasteiger charge is -1.94. The predicted molar refractivity (Wildman–Crippen MR) is 54.6 cm³/mol. The van der Waals surface area contributed by atoms with Crippen LogP contribution < -0.4 is 5.32 Å². The molecule has 1 nitrogen and oxygen atoms in total. The van der Waals surface area contributed by atoms with Crippen LogP contribution in [0, 0.1) is 11.8 Å². The molecule has 0 unspecified atom stereocenters. The van der Waals surface area contributed by atoms with Crippen LogP contribution in [0.3, 0.4) is 0 Å². The molecule has 0 rings (SSSR count). The van der Waals surface area contributed by atoms with Gasteiger partial charge in [-0.2, -0.15) is 0 Å². The van der Waals surface area contributed by atoms with Crippen molar-refractivity contribution >= 4 is 0 Å². The Morgan fingerprint density at radius 1 is 1.55 bits per heavy atom. The lowest BCUT2D eigenvalue weighted by Crippen LogP contribution is -2.07. The Labute approximate surface area is 72.4 Å². The summed E-state index contributed by atoms with van der Waals surface area (Å²) in [7, 11) is 1.92. The maximum Gasteiger partial charge on any atom is 0 e. The Morgan fingerprint density at radius 3 is 2.45 bits per heavy atom. The number of hydrogen-bond donors (Lipinski definition) is 1. The Kier molecular flexibility index (Phi) is 14.1. The molecule has 11 heavy (non-hydrogen) atoms. The second-order valence-electron chi connectivity index (χ2n) is 1.83.